The maximum absolute atomic E-state index is 4.85. The molecule has 0 amide bonds. The number of nitrogens with zero attached hydrogens (tertiary/aromatic N) is 7. The molecule has 0 saturated carbocycles. The highest BCUT2D eigenvalue weighted by atomic mass is 15.3. The van der Waals surface area contributed by atoms with Crippen molar-refractivity contribution >= 4 is 16.9 Å². The van der Waals surface area contributed by atoms with Gasteiger partial charge < -0.3 is 9.47 Å². The number of benzene rings is 1. The summed E-state index contributed by atoms with van der Waals surface area (Å²) in [7, 11) is 2.10. The summed E-state index contributed by atoms with van der Waals surface area (Å²) in [5.41, 5.74) is 4.41. The van der Waals surface area contributed by atoms with Gasteiger partial charge in [0.15, 0.2) is 5.82 Å². The van der Waals surface area contributed by atoms with Gasteiger partial charge in [-0.25, -0.2) is 19.6 Å². The van der Waals surface area contributed by atoms with Crippen LogP contribution in [0.3, 0.4) is 0 Å². The second-order valence-corrected chi connectivity index (χ2v) is 7.59. The summed E-state index contributed by atoms with van der Waals surface area (Å²) >= 11 is 0. The second-order valence-electron chi connectivity index (χ2n) is 7.59. The third-order valence-corrected chi connectivity index (χ3v) is 5.58. The van der Waals surface area contributed by atoms with Crippen molar-refractivity contribution in [2.45, 2.75) is 26.7 Å². The molecular formula is C21H23N7. The molecule has 7 nitrogen and oxygen atoms in total. The Morgan fingerprint density at radius 3 is 2.43 bits per heavy atom. The zero-order valence-electron chi connectivity index (χ0n) is 16.6. The lowest BCUT2D eigenvalue weighted by atomic mass is 9.99. The second kappa shape index (κ2) is 6.15. The van der Waals surface area contributed by atoms with Crippen molar-refractivity contribution < 1.29 is 0 Å². The first-order chi connectivity index (χ1) is 13.5. The summed E-state index contributed by atoms with van der Waals surface area (Å²) < 4.78 is 4.05. The fraction of sp³-hybridized carbons (Fsp3) is 0.333. The number of aryl methyl sites for hydroxylation is 4. The van der Waals surface area contributed by atoms with Crippen LogP contribution in [0.5, 0.6) is 0 Å². The lowest BCUT2D eigenvalue weighted by Crippen LogP contribution is -2.46. The molecule has 4 aromatic rings. The molecule has 1 aliphatic heterocycles. The maximum Gasteiger partial charge on any atom is 0.159 e. The molecule has 0 spiro atoms. The zero-order valence-corrected chi connectivity index (χ0v) is 16.6. The molecule has 0 atom stereocenters. The first-order valence-corrected chi connectivity index (χ1v) is 9.55. The molecule has 28 heavy (non-hydrogen) atoms. The van der Waals surface area contributed by atoms with E-state index in [0.29, 0.717) is 5.92 Å². The molecule has 0 unspecified atom stereocenters. The summed E-state index contributed by atoms with van der Waals surface area (Å²) in [4.78, 5) is 16.3. The van der Waals surface area contributed by atoms with Gasteiger partial charge in [0, 0.05) is 32.4 Å². The third kappa shape index (κ3) is 2.66. The highest BCUT2D eigenvalue weighted by Crippen LogP contribution is 2.32. The molecule has 0 aliphatic carbocycles. The minimum absolute atomic E-state index is 0.408. The van der Waals surface area contributed by atoms with Crippen LogP contribution < -0.4 is 4.90 Å². The Kier molecular flexibility index (Phi) is 3.72. The van der Waals surface area contributed by atoms with Crippen LogP contribution in [0.2, 0.25) is 0 Å². The predicted molar refractivity (Wildman–Crippen MR) is 109 cm³/mol. The number of fused-ring (bicyclic) bond motifs is 1. The van der Waals surface area contributed by atoms with E-state index in [1.807, 2.05) is 36.9 Å². The average Bonchev–Trinajstić information content (AvgIpc) is 3.14. The van der Waals surface area contributed by atoms with E-state index in [0.717, 1.165) is 53.1 Å². The Hall–Kier alpha value is -3.22. The van der Waals surface area contributed by atoms with E-state index < -0.39 is 0 Å². The van der Waals surface area contributed by atoms with E-state index in [1.54, 1.807) is 0 Å². The number of aromatic nitrogens is 6. The van der Waals surface area contributed by atoms with Crippen molar-refractivity contribution in [3.05, 3.63) is 59.4 Å². The Morgan fingerprint density at radius 1 is 0.964 bits per heavy atom. The maximum atomic E-state index is 4.85. The van der Waals surface area contributed by atoms with E-state index in [9.17, 15) is 0 Å². The monoisotopic (exact) mass is 373 g/mol. The lowest BCUT2D eigenvalue weighted by molar-refractivity contribution is 0.485. The summed E-state index contributed by atoms with van der Waals surface area (Å²) in [6.45, 7) is 7.82. The van der Waals surface area contributed by atoms with Crippen LogP contribution >= 0.6 is 0 Å². The first kappa shape index (κ1) is 16.9. The Labute approximate surface area is 163 Å². The number of anilines is 1. The van der Waals surface area contributed by atoms with Crippen molar-refractivity contribution in [1.82, 2.24) is 29.3 Å². The summed E-state index contributed by atoms with van der Waals surface area (Å²) in [6.07, 6.45) is 2.01. The molecule has 1 fully saturated rings. The number of hydrogen-bond acceptors (Lipinski definition) is 5. The molecule has 1 saturated heterocycles. The topological polar surface area (TPSA) is 64.7 Å². The van der Waals surface area contributed by atoms with Crippen LogP contribution in [-0.4, -0.2) is 42.4 Å². The van der Waals surface area contributed by atoms with E-state index in [-0.39, 0.29) is 0 Å². The molecular weight excluding hydrogens is 350 g/mol. The molecule has 4 heterocycles. The van der Waals surface area contributed by atoms with Gasteiger partial charge in [0.2, 0.25) is 0 Å². The van der Waals surface area contributed by atoms with E-state index in [1.165, 1.54) is 5.52 Å². The molecule has 3 aromatic heterocycles. The molecule has 0 radical (unpaired) electrons. The Balaban J connectivity index is 1.40. The predicted octanol–water partition coefficient (Wildman–Crippen LogP) is 3.08. The lowest BCUT2D eigenvalue weighted by Gasteiger charge is -2.39. The molecule has 1 aromatic carbocycles. The fourth-order valence-electron chi connectivity index (χ4n) is 3.84. The van der Waals surface area contributed by atoms with Crippen molar-refractivity contribution in [2.75, 3.05) is 18.0 Å². The van der Waals surface area contributed by atoms with Crippen molar-refractivity contribution in [1.29, 1.82) is 0 Å². The van der Waals surface area contributed by atoms with Gasteiger partial charge in [-0.1, -0.05) is 12.1 Å². The largest absolute Gasteiger partial charge is 0.355 e. The SMILES string of the molecule is Cc1nc(N2CC(c3nc4ccccc4n3C)C2)cc(-n2cc(C)c(C)n2)n1. The van der Waals surface area contributed by atoms with Gasteiger partial charge in [0.1, 0.15) is 17.5 Å². The van der Waals surface area contributed by atoms with Crippen LogP contribution in [0.15, 0.2) is 36.5 Å². The van der Waals surface area contributed by atoms with E-state index >= 15 is 0 Å². The van der Waals surface area contributed by atoms with Crippen LogP contribution in [-0.2, 0) is 7.05 Å². The van der Waals surface area contributed by atoms with Gasteiger partial charge in [-0.2, -0.15) is 5.10 Å². The summed E-state index contributed by atoms with van der Waals surface area (Å²) in [5, 5.41) is 4.56. The third-order valence-electron chi connectivity index (χ3n) is 5.58. The smallest absolute Gasteiger partial charge is 0.159 e. The van der Waals surface area contributed by atoms with Crippen molar-refractivity contribution in [3.8, 4) is 5.82 Å². The molecule has 0 bridgehead atoms. The van der Waals surface area contributed by atoms with Gasteiger partial charge >= 0.3 is 0 Å². The molecule has 142 valence electrons. The molecule has 7 heteroatoms. The van der Waals surface area contributed by atoms with Crippen LogP contribution in [0.25, 0.3) is 16.9 Å². The number of para-hydroxylation sites is 2. The van der Waals surface area contributed by atoms with Crippen LogP contribution in [0, 0.1) is 20.8 Å². The normalized spacial score (nSPS) is 14.6. The van der Waals surface area contributed by atoms with Gasteiger partial charge in [0.25, 0.3) is 0 Å². The Morgan fingerprint density at radius 2 is 1.71 bits per heavy atom. The number of hydrogen-bond donors (Lipinski definition) is 0. The Bertz CT molecular complexity index is 1160. The first-order valence-electron chi connectivity index (χ1n) is 9.55. The van der Waals surface area contributed by atoms with Gasteiger partial charge in [-0.3, -0.25) is 0 Å². The average molecular weight is 373 g/mol. The highest BCUT2D eigenvalue weighted by molar-refractivity contribution is 5.76. The zero-order chi connectivity index (χ0) is 19.4. The molecule has 0 N–H and O–H groups in total. The fourth-order valence-corrected chi connectivity index (χ4v) is 3.84. The van der Waals surface area contributed by atoms with Gasteiger partial charge in [-0.15, -0.1) is 0 Å². The minimum atomic E-state index is 0.408. The van der Waals surface area contributed by atoms with Gasteiger partial charge in [-0.05, 0) is 38.5 Å². The van der Waals surface area contributed by atoms with E-state index in [2.05, 4.69) is 56.7 Å². The van der Waals surface area contributed by atoms with Crippen LogP contribution in [0.1, 0.15) is 28.8 Å². The number of rotatable bonds is 3. The summed E-state index contributed by atoms with van der Waals surface area (Å²) in [6, 6.07) is 10.3. The molecule has 5 rings (SSSR count). The quantitative estimate of drug-likeness (QED) is 0.552. The summed E-state index contributed by atoms with van der Waals surface area (Å²) in [5.74, 6) is 4.06. The van der Waals surface area contributed by atoms with Crippen molar-refractivity contribution in [3.63, 3.8) is 0 Å². The minimum Gasteiger partial charge on any atom is -0.355 e. The standard InChI is InChI=1S/C21H23N7/c1-13-10-28(25-14(13)2)20-9-19(22-15(3)23-20)27-11-16(12-27)21-24-17-7-5-6-8-18(17)26(21)4/h5-10,16H,11-12H2,1-4H3. The van der Waals surface area contributed by atoms with Crippen molar-refractivity contribution in [2.24, 2.45) is 7.05 Å². The number of imidazole rings is 1. The van der Waals surface area contributed by atoms with E-state index in [4.69, 9.17) is 4.98 Å². The molecule has 1 aliphatic rings. The highest BCUT2D eigenvalue weighted by Gasteiger charge is 2.33. The van der Waals surface area contributed by atoms with Crippen LogP contribution in [0.4, 0.5) is 5.82 Å². The van der Waals surface area contributed by atoms with Gasteiger partial charge in [0.05, 0.1) is 22.6 Å².